The number of carbonyl (C=O) groups excluding carboxylic acids is 2. The van der Waals surface area contributed by atoms with Crippen molar-refractivity contribution in [2.24, 2.45) is 0 Å². The fourth-order valence-corrected chi connectivity index (χ4v) is 2.37. The zero-order valence-corrected chi connectivity index (χ0v) is 15.7. The molecule has 1 aromatic rings. The van der Waals surface area contributed by atoms with Crippen LogP contribution in [-0.4, -0.2) is 44.1 Å². The van der Waals surface area contributed by atoms with Crippen LogP contribution in [0.3, 0.4) is 0 Å². The van der Waals surface area contributed by atoms with Crippen molar-refractivity contribution < 1.29 is 23.8 Å². The standard InChI is InChI=1S/C18H27NO5/c1-12-9-13(22-7)15(14(10-12)23-8)18(5,11-20)19(6)16(21)24-17(2,3)4/h9-11H,1-8H3. The fourth-order valence-electron chi connectivity index (χ4n) is 2.37. The lowest BCUT2D eigenvalue weighted by atomic mass is 9.89. The van der Waals surface area contributed by atoms with E-state index >= 15 is 0 Å². The maximum atomic E-state index is 12.5. The molecule has 0 aromatic heterocycles. The molecule has 0 radical (unpaired) electrons. The molecule has 134 valence electrons. The molecule has 0 saturated heterocycles. The lowest BCUT2D eigenvalue weighted by molar-refractivity contribution is -0.117. The number of nitrogens with zero attached hydrogens (tertiary/aromatic N) is 1. The number of aldehydes is 1. The maximum Gasteiger partial charge on any atom is 0.411 e. The molecule has 0 heterocycles. The molecule has 0 N–H and O–H groups in total. The molecule has 1 atom stereocenters. The largest absolute Gasteiger partial charge is 0.496 e. The summed E-state index contributed by atoms with van der Waals surface area (Å²) >= 11 is 0. The molecule has 6 nitrogen and oxygen atoms in total. The number of hydrogen-bond donors (Lipinski definition) is 0. The van der Waals surface area contributed by atoms with Gasteiger partial charge in [-0.25, -0.2) is 4.79 Å². The number of ether oxygens (including phenoxy) is 3. The summed E-state index contributed by atoms with van der Waals surface area (Å²) in [4.78, 5) is 25.7. The van der Waals surface area contributed by atoms with Crippen LogP contribution in [0.5, 0.6) is 11.5 Å². The molecule has 0 aliphatic heterocycles. The Balaban J connectivity index is 3.48. The van der Waals surface area contributed by atoms with Crippen LogP contribution in [-0.2, 0) is 15.1 Å². The van der Waals surface area contributed by atoms with E-state index in [1.807, 2.05) is 6.92 Å². The summed E-state index contributed by atoms with van der Waals surface area (Å²) in [6.45, 7) is 8.82. The van der Waals surface area contributed by atoms with Crippen LogP contribution in [0.1, 0.15) is 38.8 Å². The smallest absolute Gasteiger partial charge is 0.411 e. The Morgan fingerprint density at radius 3 is 1.88 bits per heavy atom. The van der Waals surface area contributed by atoms with Crippen LogP contribution in [0.25, 0.3) is 0 Å². The SMILES string of the molecule is COc1cc(C)cc(OC)c1C(C)(C=O)N(C)C(=O)OC(C)(C)C. The molecular formula is C18H27NO5. The Hall–Kier alpha value is -2.24. The molecule has 1 amide bonds. The molecule has 6 heteroatoms. The van der Waals surface area contributed by atoms with Crippen LogP contribution < -0.4 is 9.47 Å². The van der Waals surface area contributed by atoms with Crippen LogP contribution >= 0.6 is 0 Å². The van der Waals surface area contributed by atoms with Crippen molar-refractivity contribution in [3.05, 3.63) is 23.3 Å². The van der Waals surface area contributed by atoms with E-state index < -0.39 is 17.2 Å². The summed E-state index contributed by atoms with van der Waals surface area (Å²) in [5.74, 6) is 0.939. The number of likely N-dealkylation sites (N-methyl/N-ethyl adjacent to an activating group) is 1. The molecule has 0 saturated carbocycles. The number of benzene rings is 1. The Morgan fingerprint density at radius 2 is 1.54 bits per heavy atom. The van der Waals surface area contributed by atoms with Crippen molar-refractivity contribution in [1.82, 2.24) is 4.90 Å². The first-order chi connectivity index (χ1) is 11.0. The first-order valence-electron chi connectivity index (χ1n) is 7.66. The third kappa shape index (κ3) is 3.99. The van der Waals surface area contributed by atoms with Crippen molar-refractivity contribution in [3.63, 3.8) is 0 Å². The first kappa shape index (κ1) is 19.8. The average Bonchev–Trinajstić information content (AvgIpc) is 2.50. The molecule has 0 bridgehead atoms. The molecule has 1 unspecified atom stereocenters. The van der Waals surface area contributed by atoms with E-state index in [9.17, 15) is 9.59 Å². The van der Waals surface area contributed by atoms with Gasteiger partial charge in [0.2, 0.25) is 0 Å². The second-order valence-electron chi connectivity index (χ2n) is 6.85. The van der Waals surface area contributed by atoms with Crippen molar-refractivity contribution in [3.8, 4) is 11.5 Å². The minimum Gasteiger partial charge on any atom is -0.496 e. The Labute approximate surface area is 143 Å². The van der Waals surface area contributed by atoms with Gasteiger partial charge in [0.25, 0.3) is 0 Å². The predicted octanol–water partition coefficient (Wildman–Crippen LogP) is 3.29. The highest BCUT2D eigenvalue weighted by atomic mass is 16.6. The summed E-state index contributed by atoms with van der Waals surface area (Å²) in [5.41, 5.74) is -0.592. The lowest BCUT2D eigenvalue weighted by Crippen LogP contribution is -2.48. The number of carbonyl (C=O) groups is 2. The quantitative estimate of drug-likeness (QED) is 0.771. The Bertz CT molecular complexity index is 595. The molecule has 0 aliphatic rings. The molecule has 1 rings (SSSR count). The second kappa shape index (κ2) is 7.11. The minimum absolute atomic E-state index is 0.469. The molecular weight excluding hydrogens is 310 g/mol. The van der Waals surface area contributed by atoms with E-state index in [1.54, 1.807) is 39.8 Å². The predicted molar refractivity (Wildman–Crippen MR) is 91.7 cm³/mol. The highest BCUT2D eigenvalue weighted by molar-refractivity contribution is 5.80. The van der Waals surface area contributed by atoms with Gasteiger partial charge in [-0.15, -0.1) is 0 Å². The van der Waals surface area contributed by atoms with Gasteiger partial charge in [0.05, 0.1) is 19.8 Å². The van der Waals surface area contributed by atoms with Crippen LogP contribution in [0.4, 0.5) is 4.79 Å². The van der Waals surface area contributed by atoms with Gasteiger partial charge < -0.3 is 19.0 Å². The number of rotatable bonds is 5. The van der Waals surface area contributed by atoms with E-state index in [-0.39, 0.29) is 0 Å². The summed E-state index contributed by atoms with van der Waals surface area (Å²) in [5, 5.41) is 0. The van der Waals surface area contributed by atoms with Crippen molar-refractivity contribution in [1.29, 1.82) is 0 Å². The number of aryl methyl sites for hydroxylation is 1. The molecule has 24 heavy (non-hydrogen) atoms. The van der Waals surface area contributed by atoms with Gasteiger partial charge in [0.1, 0.15) is 28.9 Å². The first-order valence-corrected chi connectivity index (χ1v) is 7.66. The average molecular weight is 337 g/mol. The fraction of sp³-hybridized carbons (Fsp3) is 0.556. The topological polar surface area (TPSA) is 65.1 Å². The Kier molecular flexibility index (Phi) is 5.87. The van der Waals surface area contributed by atoms with Crippen molar-refractivity contribution in [2.75, 3.05) is 21.3 Å². The zero-order valence-electron chi connectivity index (χ0n) is 15.7. The van der Waals surface area contributed by atoms with E-state index in [4.69, 9.17) is 14.2 Å². The van der Waals surface area contributed by atoms with E-state index in [1.165, 1.54) is 26.2 Å². The summed E-state index contributed by atoms with van der Waals surface area (Å²) < 4.78 is 16.2. The molecule has 0 spiro atoms. The van der Waals surface area contributed by atoms with Gasteiger partial charge in [-0.05, 0) is 52.3 Å². The third-order valence-corrected chi connectivity index (χ3v) is 3.75. The third-order valence-electron chi connectivity index (χ3n) is 3.75. The van der Waals surface area contributed by atoms with Gasteiger partial charge in [-0.2, -0.15) is 0 Å². The van der Waals surface area contributed by atoms with Gasteiger partial charge in [-0.1, -0.05) is 0 Å². The maximum absolute atomic E-state index is 12.5. The minimum atomic E-state index is -1.31. The molecule has 0 fully saturated rings. The van der Waals surface area contributed by atoms with Gasteiger partial charge in [0.15, 0.2) is 0 Å². The van der Waals surface area contributed by atoms with Crippen LogP contribution in [0.15, 0.2) is 12.1 Å². The van der Waals surface area contributed by atoms with Crippen LogP contribution in [0, 0.1) is 6.92 Å². The van der Waals surface area contributed by atoms with Gasteiger partial charge in [0, 0.05) is 7.05 Å². The lowest BCUT2D eigenvalue weighted by Gasteiger charge is -2.37. The summed E-state index contributed by atoms with van der Waals surface area (Å²) in [6, 6.07) is 3.59. The zero-order chi connectivity index (χ0) is 18.7. The highest BCUT2D eigenvalue weighted by Crippen LogP contribution is 2.41. The van der Waals surface area contributed by atoms with E-state index in [2.05, 4.69) is 0 Å². The Morgan fingerprint density at radius 1 is 1.08 bits per heavy atom. The number of amides is 1. The summed E-state index contributed by atoms with van der Waals surface area (Å²) in [7, 11) is 4.54. The summed E-state index contributed by atoms with van der Waals surface area (Å²) in [6.07, 6.45) is 0.0777. The molecule has 1 aromatic carbocycles. The van der Waals surface area contributed by atoms with Crippen LogP contribution in [0.2, 0.25) is 0 Å². The normalized spacial score (nSPS) is 13.7. The highest BCUT2D eigenvalue weighted by Gasteiger charge is 2.41. The number of methoxy groups -OCH3 is 2. The monoisotopic (exact) mass is 337 g/mol. The van der Waals surface area contributed by atoms with E-state index in [0.717, 1.165) is 5.56 Å². The second-order valence-corrected chi connectivity index (χ2v) is 6.85. The van der Waals surface area contributed by atoms with Gasteiger partial charge >= 0.3 is 6.09 Å². The van der Waals surface area contributed by atoms with Crippen molar-refractivity contribution in [2.45, 2.75) is 45.8 Å². The van der Waals surface area contributed by atoms with E-state index in [0.29, 0.717) is 23.3 Å². The van der Waals surface area contributed by atoms with Crippen molar-refractivity contribution >= 4 is 12.4 Å². The number of hydrogen-bond acceptors (Lipinski definition) is 5. The van der Waals surface area contributed by atoms with Gasteiger partial charge in [-0.3, -0.25) is 4.90 Å². The molecule has 0 aliphatic carbocycles.